The van der Waals surface area contributed by atoms with Crippen LogP contribution in [0.15, 0.2) is 61.1 Å². The second kappa shape index (κ2) is 9.77. The van der Waals surface area contributed by atoms with Crippen molar-refractivity contribution in [1.29, 1.82) is 0 Å². The molecule has 0 saturated carbocycles. The zero-order valence-electron chi connectivity index (χ0n) is 19.5. The summed E-state index contributed by atoms with van der Waals surface area (Å²) in [6, 6.07) is 10.6. The maximum atomic E-state index is 13.8. The van der Waals surface area contributed by atoms with E-state index in [1.165, 1.54) is 44.4 Å². The number of imidazole rings is 1. The number of pyridine rings is 2. The van der Waals surface area contributed by atoms with Crippen molar-refractivity contribution in [3.8, 4) is 17.0 Å². The Bertz CT molecular complexity index is 1390. The molecule has 10 nitrogen and oxygen atoms in total. The van der Waals surface area contributed by atoms with Crippen LogP contribution in [0.4, 0.5) is 20.7 Å². The molecule has 0 bridgehead atoms. The summed E-state index contributed by atoms with van der Waals surface area (Å²) in [5.74, 6) is -0.399. The molecule has 0 atom stereocenters. The maximum absolute atomic E-state index is 13.8. The molecule has 3 aromatic heterocycles. The van der Waals surface area contributed by atoms with E-state index in [4.69, 9.17) is 9.57 Å². The summed E-state index contributed by atoms with van der Waals surface area (Å²) in [6.45, 7) is 0. The third-order valence-corrected chi connectivity index (χ3v) is 5.43. The summed E-state index contributed by atoms with van der Waals surface area (Å²) >= 11 is 0. The first-order chi connectivity index (χ1) is 16.8. The number of hydrogen-bond donors (Lipinski definition) is 1. The van der Waals surface area contributed by atoms with Crippen LogP contribution in [0.5, 0.6) is 5.75 Å². The predicted molar refractivity (Wildman–Crippen MR) is 128 cm³/mol. The van der Waals surface area contributed by atoms with Crippen LogP contribution in [-0.4, -0.2) is 59.7 Å². The summed E-state index contributed by atoms with van der Waals surface area (Å²) in [4.78, 5) is 40.0. The molecule has 3 heterocycles. The SMILES string of the molecule is COc1cc(N(C)C(=O)c2ccc3ncc(-c4ccc(NC(=O)N(C)OC)nc4)n3c2)ccc1F. The average molecular weight is 478 g/mol. The molecule has 0 saturated heterocycles. The summed E-state index contributed by atoms with van der Waals surface area (Å²) in [6.07, 6.45) is 4.95. The first kappa shape index (κ1) is 23.6. The Morgan fingerprint density at radius 3 is 2.51 bits per heavy atom. The van der Waals surface area contributed by atoms with Crippen molar-refractivity contribution in [3.63, 3.8) is 0 Å². The fourth-order valence-electron chi connectivity index (χ4n) is 3.38. The van der Waals surface area contributed by atoms with Gasteiger partial charge in [0.05, 0.1) is 31.7 Å². The lowest BCUT2D eigenvalue weighted by Crippen LogP contribution is -2.30. The first-order valence-electron chi connectivity index (χ1n) is 10.5. The number of anilines is 2. The van der Waals surface area contributed by atoms with E-state index >= 15 is 0 Å². The summed E-state index contributed by atoms with van der Waals surface area (Å²) in [5, 5.41) is 3.65. The fraction of sp³-hybridized carbons (Fsp3) is 0.167. The number of fused-ring (bicyclic) bond motifs is 1. The number of nitrogens with zero attached hydrogens (tertiary/aromatic N) is 5. The zero-order valence-corrected chi connectivity index (χ0v) is 19.5. The van der Waals surface area contributed by atoms with Crippen LogP contribution in [0.3, 0.4) is 0 Å². The molecule has 180 valence electrons. The Balaban J connectivity index is 1.60. The van der Waals surface area contributed by atoms with Crippen molar-refractivity contribution in [2.24, 2.45) is 0 Å². The van der Waals surface area contributed by atoms with Gasteiger partial charge >= 0.3 is 6.03 Å². The maximum Gasteiger partial charge on any atom is 0.346 e. The zero-order chi connectivity index (χ0) is 25.1. The van der Waals surface area contributed by atoms with Crippen molar-refractivity contribution < 1.29 is 23.6 Å². The lowest BCUT2D eigenvalue weighted by atomic mass is 10.2. The quantitative estimate of drug-likeness (QED) is 0.423. The standard InChI is InChI=1S/C24H23FN6O4/c1-29(17-7-8-18(25)20(11-17)34-3)23(32)16-6-10-22-27-13-19(31(22)14-16)15-5-9-21(26-12-15)28-24(33)30(2)35-4/h5-14H,1-4H3,(H,26,28,33). The van der Waals surface area contributed by atoms with Crippen molar-refractivity contribution in [3.05, 3.63) is 72.4 Å². The molecule has 0 radical (unpaired) electrons. The predicted octanol–water partition coefficient (Wildman–Crippen LogP) is 3.85. The molecule has 1 aromatic carbocycles. The molecule has 0 spiro atoms. The van der Waals surface area contributed by atoms with E-state index in [2.05, 4.69) is 15.3 Å². The van der Waals surface area contributed by atoms with Gasteiger partial charge in [0, 0.05) is 43.8 Å². The van der Waals surface area contributed by atoms with Gasteiger partial charge in [0.15, 0.2) is 11.6 Å². The van der Waals surface area contributed by atoms with E-state index in [9.17, 15) is 14.0 Å². The number of rotatable bonds is 6. The van der Waals surface area contributed by atoms with Gasteiger partial charge in [0.25, 0.3) is 5.91 Å². The van der Waals surface area contributed by atoms with Crippen LogP contribution in [0.1, 0.15) is 10.4 Å². The highest BCUT2D eigenvalue weighted by atomic mass is 19.1. The summed E-state index contributed by atoms with van der Waals surface area (Å²) < 4.78 is 20.6. The van der Waals surface area contributed by atoms with Gasteiger partial charge in [-0.1, -0.05) is 0 Å². The average Bonchev–Trinajstić information content (AvgIpc) is 3.31. The number of halogens is 1. The fourth-order valence-corrected chi connectivity index (χ4v) is 3.38. The number of aromatic nitrogens is 3. The second-order valence-electron chi connectivity index (χ2n) is 7.51. The van der Waals surface area contributed by atoms with E-state index in [1.54, 1.807) is 54.3 Å². The van der Waals surface area contributed by atoms with Crippen LogP contribution in [-0.2, 0) is 4.84 Å². The van der Waals surface area contributed by atoms with E-state index in [0.29, 0.717) is 28.4 Å². The van der Waals surface area contributed by atoms with Gasteiger partial charge in [-0.3, -0.25) is 19.3 Å². The van der Waals surface area contributed by atoms with Crippen LogP contribution in [0.2, 0.25) is 0 Å². The second-order valence-corrected chi connectivity index (χ2v) is 7.51. The van der Waals surface area contributed by atoms with Crippen molar-refractivity contribution in [1.82, 2.24) is 19.4 Å². The Hall–Kier alpha value is -4.51. The monoisotopic (exact) mass is 478 g/mol. The van der Waals surface area contributed by atoms with Gasteiger partial charge < -0.3 is 9.64 Å². The molecule has 1 N–H and O–H groups in total. The third kappa shape index (κ3) is 4.75. The van der Waals surface area contributed by atoms with E-state index in [0.717, 1.165) is 10.6 Å². The largest absolute Gasteiger partial charge is 0.494 e. The molecule has 0 aliphatic carbocycles. The smallest absolute Gasteiger partial charge is 0.346 e. The van der Waals surface area contributed by atoms with E-state index in [-0.39, 0.29) is 11.7 Å². The van der Waals surface area contributed by atoms with Crippen LogP contribution in [0, 0.1) is 5.82 Å². The van der Waals surface area contributed by atoms with Crippen molar-refractivity contribution in [2.75, 3.05) is 38.5 Å². The number of hydrogen-bond acceptors (Lipinski definition) is 6. The van der Waals surface area contributed by atoms with Gasteiger partial charge in [-0.25, -0.2) is 24.2 Å². The highest BCUT2D eigenvalue weighted by Crippen LogP contribution is 2.26. The number of urea groups is 1. The molecule has 35 heavy (non-hydrogen) atoms. The molecule has 0 aliphatic rings. The van der Waals surface area contributed by atoms with Crippen LogP contribution in [0.25, 0.3) is 16.9 Å². The number of ether oxygens (including phenoxy) is 1. The lowest BCUT2D eigenvalue weighted by molar-refractivity contribution is -0.0598. The topological polar surface area (TPSA) is 101 Å². The first-order valence-corrected chi connectivity index (χ1v) is 10.5. The van der Waals surface area contributed by atoms with Gasteiger partial charge in [-0.15, -0.1) is 0 Å². The number of hydroxylamine groups is 2. The normalized spacial score (nSPS) is 10.8. The molecule has 4 aromatic rings. The van der Waals surface area contributed by atoms with Gasteiger partial charge in [-0.05, 0) is 36.4 Å². The van der Waals surface area contributed by atoms with E-state index in [1.807, 2.05) is 0 Å². The Morgan fingerprint density at radius 2 is 1.83 bits per heavy atom. The molecule has 0 fully saturated rings. The number of carbonyl (C=O) groups is 2. The number of benzene rings is 1. The van der Waals surface area contributed by atoms with Crippen molar-refractivity contribution in [2.45, 2.75) is 0 Å². The Morgan fingerprint density at radius 1 is 1.03 bits per heavy atom. The minimum atomic E-state index is -0.508. The highest BCUT2D eigenvalue weighted by molar-refractivity contribution is 6.05. The van der Waals surface area contributed by atoms with Crippen LogP contribution >= 0.6 is 0 Å². The van der Waals surface area contributed by atoms with Gasteiger partial charge in [-0.2, -0.15) is 0 Å². The molecule has 11 heteroatoms. The number of carbonyl (C=O) groups excluding carboxylic acids is 2. The van der Waals surface area contributed by atoms with Crippen LogP contribution < -0.4 is 15.0 Å². The number of nitrogens with one attached hydrogen (secondary N) is 1. The van der Waals surface area contributed by atoms with Crippen molar-refractivity contribution >= 4 is 29.1 Å². The highest BCUT2D eigenvalue weighted by Gasteiger charge is 2.17. The van der Waals surface area contributed by atoms with E-state index < -0.39 is 11.8 Å². The molecular weight excluding hydrogens is 455 g/mol. The van der Waals surface area contributed by atoms with Gasteiger partial charge in [0.2, 0.25) is 0 Å². The molecular formula is C24H23FN6O4. The minimum Gasteiger partial charge on any atom is -0.494 e. The summed E-state index contributed by atoms with van der Waals surface area (Å²) in [5.41, 5.74) is 2.97. The Kier molecular flexibility index (Phi) is 6.60. The third-order valence-electron chi connectivity index (χ3n) is 5.43. The Labute approximate surface area is 200 Å². The molecule has 3 amide bonds. The molecule has 0 unspecified atom stereocenters. The number of amides is 3. The minimum absolute atomic E-state index is 0.0514. The van der Waals surface area contributed by atoms with Gasteiger partial charge in [0.1, 0.15) is 11.5 Å². The lowest BCUT2D eigenvalue weighted by Gasteiger charge is -2.18. The summed E-state index contributed by atoms with van der Waals surface area (Å²) in [7, 11) is 5.83. The number of methoxy groups -OCH3 is 1. The molecule has 4 rings (SSSR count). The molecule has 0 aliphatic heterocycles.